The molecule has 3 nitrogen and oxygen atoms in total. The summed E-state index contributed by atoms with van der Waals surface area (Å²) < 4.78 is 20.3. The van der Waals surface area contributed by atoms with E-state index < -0.39 is 8.25 Å². The van der Waals surface area contributed by atoms with Gasteiger partial charge in [-0.3, -0.25) is 0 Å². The number of rotatable bonds is 0. The van der Waals surface area contributed by atoms with Gasteiger partial charge in [-0.15, -0.1) is 9.05 Å². The molecule has 2 atom stereocenters. The third-order valence-electron chi connectivity index (χ3n) is 1.20. The van der Waals surface area contributed by atoms with Gasteiger partial charge >= 0.3 is 8.25 Å². The van der Waals surface area contributed by atoms with Crippen molar-refractivity contribution in [3.05, 3.63) is 0 Å². The van der Waals surface area contributed by atoms with Crippen molar-refractivity contribution < 1.29 is 13.6 Å². The van der Waals surface area contributed by atoms with Gasteiger partial charge in [0.15, 0.2) is 0 Å². The predicted molar refractivity (Wildman–Crippen MR) is 33.3 cm³/mol. The van der Waals surface area contributed by atoms with Crippen molar-refractivity contribution >= 4 is 8.25 Å². The van der Waals surface area contributed by atoms with E-state index in [1.807, 2.05) is 13.8 Å². The van der Waals surface area contributed by atoms with E-state index >= 15 is 0 Å². The first-order valence-corrected chi connectivity index (χ1v) is 4.09. The van der Waals surface area contributed by atoms with Crippen molar-refractivity contribution in [3.8, 4) is 0 Å². The quantitative estimate of drug-likeness (QED) is 0.493. The summed E-state index contributed by atoms with van der Waals surface area (Å²) in [4.78, 5) is 0. The minimum absolute atomic E-state index is 0.0809. The SMILES string of the molecule is C[C@H]1C[C@H](C)O[P+](=O)O1. The maximum absolute atomic E-state index is 10.6. The van der Waals surface area contributed by atoms with Gasteiger partial charge in [0.25, 0.3) is 0 Å². The van der Waals surface area contributed by atoms with E-state index in [4.69, 9.17) is 9.05 Å². The maximum Gasteiger partial charge on any atom is 0.697 e. The van der Waals surface area contributed by atoms with Gasteiger partial charge in [0.1, 0.15) is 12.2 Å². The van der Waals surface area contributed by atoms with E-state index in [1.165, 1.54) is 0 Å². The van der Waals surface area contributed by atoms with Crippen LogP contribution in [-0.2, 0) is 13.6 Å². The van der Waals surface area contributed by atoms with Crippen molar-refractivity contribution in [2.45, 2.75) is 32.5 Å². The summed E-state index contributed by atoms with van der Waals surface area (Å²) in [7, 11) is -1.82. The van der Waals surface area contributed by atoms with Gasteiger partial charge in [-0.2, -0.15) is 0 Å². The third kappa shape index (κ3) is 2.01. The molecular weight excluding hydrogens is 139 g/mol. The molecule has 0 aromatic rings. The lowest BCUT2D eigenvalue weighted by atomic mass is 10.2. The molecule has 0 bridgehead atoms. The van der Waals surface area contributed by atoms with Crippen LogP contribution in [0.15, 0.2) is 0 Å². The summed E-state index contributed by atoms with van der Waals surface area (Å²) in [6.07, 6.45) is 0.996. The Morgan fingerprint density at radius 1 is 1.33 bits per heavy atom. The average molecular weight is 149 g/mol. The van der Waals surface area contributed by atoms with Crippen LogP contribution in [0.1, 0.15) is 20.3 Å². The fourth-order valence-corrected chi connectivity index (χ4v) is 1.68. The molecule has 1 aliphatic heterocycles. The average Bonchev–Trinajstić information content (AvgIpc) is 1.59. The molecule has 0 radical (unpaired) electrons. The minimum Gasteiger partial charge on any atom is -0.116 e. The van der Waals surface area contributed by atoms with Crippen LogP contribution < -0.4 is 0 Å². The van der Waals surface area contributed by atoms with E-state index in [0.717, 1.165) is 6.42 Å². The molecule has 0 aromatic heterocycles. The van der Waals surface area contributed by atoms with Crippen LogP contribution in [0.2, 0.25) is 0 Å². The Hall–Kier alpha value is 0.0200. The molecule has 0 N–H and O–H groups in total. The first-order chi connectivity index (χ1) is 4.18. The van der Waals surface area contributed by atoms with Crippen LogP contribution in [0.3, 0.4) is 0 Å². The Morgan fingerprint density at radius 2 is 1.78 bits per heavy atom. The predicted octanol–water partition coefficient (Wildman–Crippen LogP) is 1.86. The smallest absolute Gasteiger partial charge is 0.116 e. The molecule has 9 heavy (non-hydrogen) atoms. The first kappa shape index (κ1) is 7.13. The van der Waals surface area contributed by atoms with E-state index in [-0.39, 0.29) is 12.2 Å². The summed E-state index contributed by atoms with van der Waals surface area (Å²) in [6.45, 7) is 3.79. The molecule has 1 saturated heterocycles. The van der Waals surface area contributed by atoms with Crippen molar-refractivity contribution in [2.24, 2.45) is 0 Å². The zero-order valence-electron chi connectivity index (χ0n) is 5.53. The second-order valence-electron chi connectivity index (χ2n) is 2.29. The van der Waals surface area contributed by atoms with Gasteiger partial charge in [0.2, 0.25) is 0 Å². The van der Waals surface area contributed by atoms with Crippen LogP contribution in [-0.4, -0.2) is 12.2 Å². The molecule has 1 rings (SSSR count). The normalized spacial score (nSPS) is 40.9. The topological polar surface area (TPSA) is 35.5 Å². The molecule has 0 amide bonds. The molecule has 0 aromatic carbocycles. The third-order valence-corrected chi connectivity index (χ3v) is 2.26. The molecular formula is C5H10O3P+. The highest BCUT2D eigenvalue weighted by Gasteiger charge is 2.35. The Bertz CT molecular complexity index is 113. The van der Waals surface area contributed by atoms with Crippen LogP contribution in [0.4, 0.5) is 0 Å². The highest BCUT2D eigenvalue weighted by molar-refractivity contribution is 7.33. The highest BCUT2D eigenvalue weighted by Crippen LogP contribution is 2.35. The Balaban J connectivity index is 2.43. The zero-order chi connectivity index (χ0) is 6.85. The van der Waals surface area contributed by atoms with Gasteiger partial charge in [0.05, 0.1) is 0 Å². The molecule has 0 spiro atoms. The summed E-state index contributed by atoms with van der Waals surface area (Å²) in [5.74, 6) is 0. The summed E-state index contributed by atoms with van der Waals surface area (Å²) >= 11 is 0. The minimum atomic E-state index is -1.82. The lowest BCUT2D eigenvalue weighted by Gasteiger charge is -2.12. The first-order valence-electron chi connectivity index (χ1n) is 2.99. The summed E-state index contributed by atoms with van der Waals surface area (Å²) in [6, 6.07) is 0. The molecule has 1 heterocycles. The lowest BCUT2D eigenvalue weighted by Crippen LogP contribution is -2.19. The maximum atomic E-state index is 10.6. The second-order valence-corrected chi connectivity index (χ2v) is 3.16. The molecule has 0 unspecified atom stereocenters. The summed E-state index contributed by atoms with van der Waals surface area (Å²) in [5, 5.41) is 0. The molecule has 0 aliphatic carbocycles. The van der Waals surface area contributed by atoms with Crippen LogP contribution in [0.5, 0.6) is 0 Å². The summed E-state index contributed by atoms with van der Waals surface area (Å²) in [5.41, 5.74) is 0. The van der Waals surface area contributed by atoms with Crippen molar-refractivity contribution in [3.63, 3.8) is 0 Å². The van der Waals surface area contributed by atoms with Crippen molar-refractivity contribution in [2.75, 3.05) is 0 Å². The van der Waals surface area contributed by atoms with Gasteiger partial charge in [-0.1, -0.05) is 0 Å². The molecule has 1 fully saturated rings. The van der Waals surface area contributed by atoms with E-state index in [2.05, 4.69) is 0 Å². The van der Waals surface area contributed by atoms with E-state index in [9.17, 15) is 4.57 Å². The molecule has 0 saturated carbocycles. The lowest BCUT2D eigenvalue weighted by molar-refractivity contribution is 0.0628. The van der Waals surface area contributed by atoms with Crippen molar-refractivity contribution in [1.29, 1.82) is 0 Å². The van der Waals surface area contributed by atoms with E-state index in [1.54, 1.807) is 0 Å². The van der Waals surface area contributed by atoms with Crippen molar-refractivity contribution in [1.82, 2.24) is 0 Å². The standard InChI is InChI=1S/C5H10O3P/c1-4-3-5(2)8-9(6)7-4/h4-5H,3H2,1-2H3/q+1/t4-,5-/m0/s1. The van der Waals surface area contributed by atoms with Gasteiger partial charge in [-0.25, -0.2) is 0 Å². The van der Waals surface area contributed by atoms with E-state index in [0.29, 0.717) is 0 Å². The number of hydrogen-bond acceptors (Lipinski definition) is 3. The van der Waals surface area contributed by atoms with Crippen LogP contribution in [0.25, 0.3) is 0 Å². The van der Waals surface area contributed by atoms with Crippen LogP contribution >= 0.6 is 8.25 Å². The molecule has 1 aliphatic rings. The molecule has 4 heteroatoms. The van der Waals surface area contributed by atoms with Gasteiger partial charge in [0, 0.05) is 11.0 Å². The Labute approximate surface area is 55.3 Å². The Morgan fingerprint density at radius 3 is 2.11 bits per heavy atom. The highest BCUT2D eigenvalue weighted by atomic mass is 31.1. The number of hydrogen-bond donors (Lipinski definition) is 0. The fraction of sp³-hybridized carbons (Fsp3) is 1.00. The fourth-order valence-electron chi connectivity index (χ4n) is 0.872. The van der Waals surface area contributed by atoms with Crippen LogP contribution in [0, 0.1) is 0 Å². The second kappa shape index (κ2) is 2.74. The largest absolute Gasteiger partial charge is 0.697 e. The zero-order valence-corrected chi connectivity index (χ0v) is 6.43. The van der Waals surface area contributed by atoms with Gasteiger partial charge in [-0.05, 0) is 13.8 Å². The Kier molecular flexibility index (Phi) is 2.17. The monoisotopic (exact) mass is 149 g/mol. The molecule has 52 valence electrons. The van der Waals surface area contributed by atoms with Gasteiger partial charge < -0.3 is 0 Å².